The second kappa shape index (κ2) is 7.10. The molecule has 6 heteroatoms. The van der Waals surface area contributed by atoms with Gasteiger partial charge in [0.1, 0.15) is 0 Å². The number of fused-ring (bicyclic) bond motifs is 1. The van der Waals surface area contributed by atoms with E-state index < -0.39 is 0 Å². The second-order valence-electron chi connectivity index (χ2n) is 4.96. The van der Waals surface area contributed by atoms with Gasteiger partial charge in [0.25, 0.3) is 0 Å². The Kier molecular flexibility index (Phi) is 4.93. The van der Waals surface area contributed by atoms with Crippen LogP contribution in [0.5, 0.6) is 0 Å². The molecule has 2 aromatic carbocycles. The SMILES string of the molecule is CCN(C(=O)CNc1ccc(Br)cc1)c1nc2ccccc2s1. The molecule has 0 saturated carbocycles. The van der Waals surface area contributed by atoms with Crippen molar-refractivity contribution >= 4 is 54.2 Å². The fourth-order valence-electron chi connectivity index (χ4n) is 2.23. The van der Waals surface area contributed by atoms with Crippen LogP contribution in [-0.2, 0) is 4.79 Å². The molecule has 0 fully saturated rings. The zero-order valence-electron chi connectivity index (χ0n) is 12.6. The van der Waals surface area contributed by atoms with E-state index in [9.17, 15) is 4.79 Å². The van der Waals surface area contributed by atoms with Gasteiger partial charge in [0.15, 0.2) is 5.13 Å². The number of rotatable bonds is 5. The first-order chi connectivity index (χ1) is 11.2. The van der Waals surface area contributed by atoms with Crippen LogP contribution in [0, 0.1) is 0 Å². The lowest BCUT2D eigenvalue weighted by molar-refractivity contribution is -0.116. The summed E-state index contributed by atoms with van der Waals surface area (Å²) < 4.78 is 2.11. The van der Waals surface area contributed by atoms with Crippen LogP contribution < -0.4 is 10.2 Å². The van der Waals surface area contributed by atoms with E-state index in [2.05, 4.69) is 26.2 Å². The number of halogens is 1. The van der Waals surface area contributed by atoms with E-state index >= 15 is 0 Å². The van der Waals surface area contributed by atoms with E-state index in [1.54, 1.807) is 16.2 Å². The summed E-state index contributed by atoms with van der Waals surface area (Å²) in [5.74, 6) is 0.00877. The zero-order valence-corrected chi connectivity index (χ0v) is 15.0. The largest absolute Gasteiger partial charge is 0.376 e. The third-order valence-corrected chi connectivity index (χ3v) is 5.01. The molecule has 1 heterocycles. The average Bonchev–Trinajstić information content (AvgIpc) is 2.98. The van der Waals surface area contributed by atoms with Crippen molar-refractivity contribution in [3.05, 3.63) is 53.0 Å². The summed E-state index contributed by atoms with van der Waals surface area (Å²) in [5.41, 5.74) is 1.85. The minimum absolute atomic E-state index is 0.00877. The van der Waals surface area contributed by atoms with Crippen LogP contribution >= 0.6 is 27.3 Å². The quantitative estimate of drug-likeness (QED) is 0.697. The van der Waals surface area contributed by atoms with Crippen LogP contribution in [0.2, 0.25) is 0 Å². The highest BCUT2D eigenvalue weighted by atomic mass is 79.9. The predicted molar refractivity (Wildman–Crippen MR) is 100 cm³/mol. The number of hydrogen-bond acceptors (Lipinski definition) is 4. The standard InChI is InChI=1S/C17H16BrN3OS/c1-2-21(17-20-14-5-3-4-6-15(14)23-17)16(22)11-19-13-9-7-12(18)8-10-13/h3-10,19H,2,11H2,1H3. The molecule has 1 aromatic heterocycles. The number of nitrogens with zero attached hydrogens (tertiary/aromatic N) is 2. The number of carbonyl (C=O) groups excluding carboxylic acids is 1. The third kappa shape index (κ3) is 3.71. The molecule has 1 N–H and O–H groups in total. The smallest absolute Gasteiger partial charge is 0.248 e. The molecule has 3 rings (SSSR count). The number of thiazole rings is 1. The van der Waals surface area contributed by atoms with E-state index in [-0.39, 0.29) is 12.5 Å². The molecule has 1 amide bonds. The molecular weight excluding hydrogens is 374 g/mol. The van der Waals surface area contributed by atoms with E-state index in [4.69, 9.17) is 0 Å². The van der Waals surface area contributed by atoms with Gasteiger partial charge in [0, 0.05) is 16.7 Å². The van der Waals surface area contributed by atoms with Gasteiger partial charge in [-0.1, -0.05) is 39.4 Å². The minimum atomic E-state index is 0.00877. The highest BCUT2D eigenvalue weighted by Gasteiger charge is 2.17. The molecule has 0 saturated heterocycles. The average molecular weight is 390 g/mol. The summed E-state index contributed by atoms with van der Waals surface area (Å²) in [7, 11) is 0. The molecule has 118 valence electrons. The van der Waals surface area contributed by atoms with Crippen molar-refractivity contribution in [2.75, 3.05) is 23.3 Å². The van der Waals surface area contributed by atoms with E-state index in [1.807, 2.05) is 55.5 Å². The zero-order chi connectivity index (χ0) is 16.2. The number of hydrogen-bond donors (Lipinski definition) is 1. The summed E-state index contributed by atoms with van der Waals surface area (Å²) >= 11 is 4.94. The van der Waals surface area contributed by atoms with E-state index in [0.717, 1.165) is 25.5 Å². The molecule has 0 atom stereocenters. The van der Waals surface area contributed by atoms with Crippen LogP contribution in [0.4, 0.5) is 10.8 Å². The van der Waals surface area contributed by atoms with Gasteiger partial charge in [-0.25, -0.2) is 4.98 Å². The summed E-state index contributed by atoms with van der Waals surface area (Å²) in [6.45, 7) is 2.80. The van der Waals surface area contributed by atoms with Gasteiger partial charge in [-0.05, 0) is 43.3 Å². The summed E-state index contributed by atoms with van der Waals surface area (Å²) in [5, 5.41) is 3.90. The van der Waals surface area contributed by atoms with Crippen LogP contribution in [0.15, 0.2) is 53.0 Å². The van der Waals surface area contributed by atoms with Crippen molar-refractivity contribution in [3.63, 3.8) is 0 Å². The Morgan fingerprint density at radius 3 is 2.65 bits per heavy atom. The van der Waals surface area contributed by atoms with Gasteiger partial charge in [-0.3, -0.25) is 9.69 Å². The van der Waals surface area contributed by atoms with Gasteiger partial charge < -0.3 is 5.32 Å². The van der Waals surface area contributed by atoms with E-state index in [1.165, 1.54) is 0 Å². The van der Waals surface area contributed by atoms with Crippen molar-refractivity contribution in [2.24, 2.45) is 0 Å². The first-order valence-corrected chi connectivity index (χ1v) is 8.93. The lowest BCUT2D eigenvalue weighted by atomic mass is 10.3. The number of benzene rings is 2. The molecule has 0 aliphatic rings. The monoisotopic (exact) mass is 389 g/mol. The van der Waals surface area contributed by atoms with Crippen LogP contribution in [-0.4, -0.2) is 24.0 Å². The number of aromatic nitrogens is 1. The fourth-order valence-corrected chi connectivity index (χ4v) is 3.55. The lowest BCUT2D eigenvalue weighted by Crippen LogP contribution is -2.35. The third-order valence-electron chi connectivity index (χ3n) is 3.42. The van der Waals surface area contributed by atoms with Gasteiger partial charge >= 0.3 is 0 Å². The van der Waals surface area contributed by atoms with Crippen LogP contribution in [0.1, 0.15) is 6.92 Å². The van der Waals surface area contributed by atoms with Gasteiger partial charge in [0.2, 0.25) is 5.91 Å². The summed E-state index contributed by atoms with van der Waals surface area (Å²) in [4.78, 5) is 18.8. The summed E-state index contributed by atoms with van der Waals surface area (Å²) in [6, 6.07) is 15.7. The van der Waals surface area contributed by atoms with Crippen molar-refractivity contribution in [3.8, 4) is 0 Å². The molecular formula is C17H16BrN3OS. The molecule has 23 heavy (non-hydrogen) atoms. The van der Waals surface area contributed by atoms with Gasteiger partial charge in [-0.15, -0.1) is 0 Å². The highest BCUT2D eigenvalue weighted by molar-refractivity contribution is 9.10. The van der Waals surface area contributed by atoms with Crippen molar-refractivity contribution < 1.29 is 4.79 Å². The van der Waals surface area contributed by atoms with Crippen LogP contribution in [0.3, 0.4) is 0 Å². The van der Waals surface area contributed by atoms with Crippen molar-refractivity contribution in [2.45, 2.75) is 6.92 Å². The number of amides is 1. The summed E-state index contributed by atoms with van der Waals surface area (Å²) in [6.07, 6.45) is 0. The first kappa shape index (κ1) is 16.0. The molecule has 0 aliphatic heterocycles. The Balaban J connectivity index is 1.72. The Hall–Kier alpha value is -1.92. The Labute approximate surface area is 147 Å². The molecule has 4 nitrogen and oxygen atoms in total. The highest BCUT2D eigenvalue weighted by Crippen LogP contribution is 2.28. The number of carbonyl (C=O) groups is 1. The van der Waals surface area contributed by atoms with Crippen molar-refractivity contribution in [1.29, 1.82) is 0 Å². The Morgan fingerprint density at radius 1 is 1.22 bits per heavy atom. The minimum Gasteiger partial charge on any atom is -0.376 e. The Bertz CT molecular complexity index is 783. The number of anilines is 2. The maximum atomic E-state index is 12.5. The maximum absolute atomic E-state index is 12.5. The van der Waals surface area contributed by atoms with Gasteiger partial charge in [0.05, 0.1) is 16.8 Å². The molecule has 0 aliphatic carbocycles. The molecule has 0 bridgehead atoms. The molecule has 0 unspecified atom stereocenters. The van der Waals surface area contributed by atoms with E-state index in [0.29, 0.717) is 6.54 Å². The molecule has 0 radical (unpaired) electrons. The normalized spacial score (nSPS) is 10.7. The topological polar surface area (TPSA) is 45.2 Å². The van der Waals surface area contributed by atoms with Gasteiger partial charge in [-0.2, -0.15) is 0 Å². The number of nitrogens with one attached hydrogen (secondary N) is 1. The fraction of sp³-hybridized carbons (Fsp3) is 0.176. The predicted octanol–water partition coefficient (Wildman–Crippen LogP) is 4.52. The second-order valence-corrected chi connectivity index (χ2v) is 6.89. The number of likely N-dealkylation sites (N-methyl/N-ethyl adjacent to an activating group) is 1. The molecule has 0 spiro atoms. The Morgan fingerprint density at radius 2 is 1.96 bits per heavy atom. The first-order valence-electron chi connectivity index (χ1n) is 7.32. The number of para-hydroxylation sites is 1. The maximum Gasteiger partial charge on any atom is 0.248 e. The molecule has 3 aromatic rings. The lowest BCUT2D eigenvalue weighted by Gasteiger charge is -2.18. The van der Waals surface area contributed by atoms with Crippen LogP contribution in [0.25, 0.3) is 10.2 Å². The van der Waals surface area contributed by atoms with Crippen molar-refractivity contribution in [1.82, 2.24) is 4.98 Å².